The molecule has 2 unspecified atom stereocenters. The van der Waals surface area contributed by atoms with E-state index in [1.807, 2.05) is 54.6 Å². The minimum atomic E-state index is -0.934. The highest BCUT2D eigenvalue weighted by atomic mass is 16.6. The maximum absolute atomic E-state index is 11.0. The van der Waals surface area contributed by atoms with Crippen molar-refractivity contribution in [2.24, 2.45) is 0 Å². The van der Waals surface area contributed by atoms with Gasteiger partial charge in [0, 0.05) is 18.6 Å². The van der Waals surface area contributed by atoms with Crippen molar-refractivity contribution in [2.45, 2.75) is 31.5 Å². The van der Waals surface area contributed by atoms with Gasteiger partial charge in [-0.2, -0.15) is 0 Å². The van der Waals surface area contributed by atoms with Crippen molar-refractivity contribution in [2.75, 3.05) is 33.5 Å². The number of hydrogen-bond acceptors (Lipinski definition) is 9. The van der Waals surface area contributed by atoms with E-state index in [9.17, 15) is 19.8 Å². The lowest BCUT2D eigenvalue weighted by Gasteiger charge is -2.13. The Morgan fingerprint density at radius 1 is 0.756 bits per heavy atom. The zero-order valence-electron chi connectivity index (χ0n) is 23.3. The average molecular weight is 567 g/mol. The molecule has 0 saturated carbocycles. The normalized spacial score (nSPS) is 12.7. The Labute approximate surface area is 241 Å². The molecule has 9 nitrogen and oxygen atoms in total. The highest BCUT2D eigenvalue weighted by molar-refractivity contribution is 5.81. The Bertz CT molecular complexity index is 1150. The monoisotopic (exact) mass is 566 g/mol. The van der Waals surface area contributed by atoms with Crippen molar-refractivity contribution in [3.63, 3.8) is 0 Å². The van der Waals surface area contributed by atoms with E-state index in [1.54, 1.807) is 7.11 Å². The summed E-state index contributed by atoms with van der Waals surface area (Å²) in [6.45, 7) is 6.29. The van der Waals surface area contributed by atoms with Crippen molar-refractivity contribution >= 4 is 11.9 Å². The molecule has 0 aliphatic carbocycles. The Morgan fingerprint density at radius 2 is 1.24 bits per heavy atom. The van der Waals surface area contributed by atoms with E-state index < -0.39 is 24.1 Å². The summed E-state index contributed by atoms with van der Waals surface area (Å²) >= 11 is 0. The number of esters is 2. The largest absolute Gasteiger partial charge is 0.501 e. The summed E-state index contributed by atoms with van der Waals surface area (Å²) in [6, 6.07) is 15.0. The Balaban J connectivity index is 1.71. The van der Waals surface area contributed by atoms with Gasteiger partial charge >= 0.3 is 11.9 Å². The Hall–Kier alpha value is -4.34. The summed E-state index contributed by atoms with van der Waals surface area (Å²) in [4.78, 5) is 22.1. The first-order chi connectivity index (χ1) is 19.8. The second-order valence-corrected chi connectivity index (χ2v) is 8.85. The molecule has 0 heterocycles. The maximum atomic E-state index is 11.0. The molecule has 9 heteroatoms. The van der Waals surface area contributed by atoms with Gasteiger partial charge in [0.1, 0.15) is 50.1 Å². The molecule has 0 amide bonds. The lowest BCUT2D eigenvalue weighted by atomic mass is 10.1. The molecule has 2 aromatic carbocycles. The van der Waals surface area contributed by atoms with E-state index in [-0.39, 0.29) is 26.4 Å². The molecule has 2 atom stereocenters. The van der Waals surface area contributed by atoms with Crippen LogP contribution < -0.4 is 9.47 Å². The van der Waals surface area contributed by atoms with Crippen molar-refractivity contribution in [1.82, 2.24) is 0 Å². The molecule has 2 N–H and O–H groups in total. The molecule has 0 saturated heterocycles. The van der Waals surface area contributed by atoms with Crippen LogP contribution in [0.3, 0.4) is 0 Å². The average Bonchev–Trinajstić information content (AvgIpc) is 3.00. The fourth-order valence-corrected chi connectivity index (χ4v) is 3.32. The number of methoxy groups -OCH3 is 1. The highest BCUT2D eigenvalue weighted by Crippen LogP contribution is 2.17. The third-order valence-electron chi connectivity index (χ3n) is 5.54. The first-order valence-corrected chi connectivity index (χ1v) is 13.1. The van der Waals surface area contributed by atoms with Gasteiger partial charge in [0.25, 0.3) is 0 Å². The fourth-order valence-electron chi connectivity index (χ4n) is 3.32. The van der Waals surface area contributed by atoms with Crippen LogP contribution in [0, 0.1) is 0 Å². The summed E-state index contributed by atoms with van der Waals surface area (Å²) < 4.78 is 26.1. The standard InChI is InChI=1S/C32H38O9/c1-4-31(35)40-22-26(33)20-38-28-15-11-24(12-16-28)9-7-6-8-10-30(37-3)19-25-13-17-29(18-14-25)39-21-27(34)23-41-32(36)5-2/h4-7,10-18,26-27,33-34H,1-2,8-9,19-23H2,3H3/b7-6+,30-10-. The van der Waals surface area contributed by atoms with E-state index in [2.05, 4.69) is 25.3 Å². The van der Waals surface area contributed by atoms with Gasteiger partial charge in [0.05, 0.1) is 12.9 Å². The molecule has 0 fully saturated rings. The number of allylic oxidation sites excluding steroid dienone is 4. The second kappa shape index (κ2) is 18.9. The van der Waals surface area contributed by atoms with Crippen molar-refractivity contribution in [3.05, 3.63) is 109 Å². The van der Waals surface area contributed by atoms with Crippen LogP contribution in [-0.2, 0) is 36.6 Å². The van der Waals surface area contributed by atoms with Crippen LogP contribution in [0.25, 0.3) is 0 Å². The predicted molar refractivity (Wildman–Crippen MR) is 154 cm³/mol. The maximum Gasteiger partial charge on any atom is 0.330 e. The third-order valence-corrected chi connectivity index (χ3v) is 5.54. The first kappa shape index (κ1) is 32.9. The number of aliphatic hydroxyl groups is 2. The van der Waals surface area contributed by atoms with Crippen LogP contribution in [0.5, 0.6) is 11.5 Å². The van der Waals surface area contributed by atoms with Crippen LogP contribution in [0.15, 0.2) is 97.8 Å². The number of ether oxygens (including phenoxy) is 5. The van der Waals surface area contributed by atoms with Gasteiger partial charge in [-0.1, -0.05) is 49.6 Å². The molecule has 0 bridgehead atoms. The van der Waals surface area contributed by atoms with Crippen molar-refractivity contribution in [1.29, 1.82) is 0 Å². The van der Waals surface area contributed by atoms with Crippen LogP contribution in [0.1, 0.15) is 17.5 Å². The molecule has 0 spiro atoms. The number of carbonyl (C=O) groups is 2. The fraction of sp³-hybridized carbons (Fsp3) is 0.312. The molecule has 0 aliphatic heterocycles. The van der Waals surface area contributed by atoms with Crippen molar-refractivity contribution in [3.8, 4) is 11.5 Å². The van der Waals surface area contributed by atoms with Crippen molar-refractivity contribution < 1.29 is 43.5 Å². The summed E-state index contributed by atoms with van der Waals surface area (Å²) in [6.07, 6.45) is 8.48. The quantitative estimate of drug-likeness (QED) is 0.113. The van der Waals surface area contributed by atoms with Gasteiger partial charge in [-0.25, -0.2) is 9.59 Å². The number of carbonyl (C=O) groups excluding carboxylic acids is 2. The van der Waals surface area contributed by atoms with E-state index in [0.717, 1.165) is 35.5 Å². The zero-order valence-corrected chi connectivity index (χ0v) is 23.3. The summed E-state index contributed by atoms with van der Waals surface area (Å²) in [5.41, 5.74) is 2.15. The molecular formula is C32H38O9. The SMILES string of the molecule is C=CC(=O)OCC(O)COc1ccc(C/C=C/C/C=C(/Cc2ccc(OCC(O)COC(=O)C=C)cc2)OC)cc1. The van der Waals surface area contributed by atoms with E-state index >= 15 is 0 Å². The number of rotatable bonds is 19. The second-order valence-electron chi connectivity index (χ2n) is 8.85. The summed E-state index contributed by atoms with van der Waals surface area (Å²) in [7, 11) is 1.64. The lowest BCUT2D eigenvalue weighted by molar-refractivity contribution is -0.142. The lowest BCUT2D eigenvalue weighted by Crippen LogP contribution is -2.24. The summed E-state index contributed by atoms with van der Waals surface area (Å²) in [5, 5.41) is 19.6. The molecule has 41 heavy (non-hydrogen) atoms. The number of hydrogen-bond donors (Lipinski definition) is 2. The first-order valence-electron chi connectivity index (χ1n) is 13.1. The topological polar surface area (TPSA) is 121 Å². The van der Waals surface area contributed by atoms with E-state index in [1.165, 1.54) is 0 Å². The molecule has 2 aromatic rings. The predicted octanol–water partition coefficient (Wildman–Crippen LogP) is 3.89. The highest BCUT2D eigenvalue weighted by Gasteiger charge is 2.09. The molecule has 0 radical (unpaired) electrons. The third kappa shape index (κ3) is 14.0. The van der Waals surface area contributed by atoms with Gasteiger partial charge in [-0.15, -0.1) is 0 Å². The Kier molecular flexibility index (Phi) is 15.1. The Morgan fingerprint density at radius 3 is 1.71 bits per heavy atom. The van der Waals surface area contributed by atoms with Crippen LogP contribution in [0.4, 0.5) is 0 Å². The van der Waals surface area contributed by atoms with Crippen LogP contribution in [-0.4, -0.2) is 67.9 Å². The number of benzene rings is 2. The van der Waals surface area contributed by atoms with Gasteiger partial charge in [-0.05, 0) is 54.3 Å². The molecule has 2 rings (SSSR count). The molecular weight excluding hydrogens is 528 g/mol. The number of aliphatic hydroxyl groups excluding tert-OH is 2. The molecule has 0 aliphatic rings. The van der Waals surface area contributed by atoms with Gasteiger partial charge in [0.2, 0.25) is 0 Å². The van der Waals surface area contributed by atoms with E-state index in [0.29, 0.717) is 24.3 Å². The van der Waals surface area contributed by atoms with Gasteiger partial charge < -0.3 is 33.9 Å². The van der Waals surface area contributed by atoms with Crippen LogP contribution in [0.2, 0.25) is 0 Å². The molecule has 0 aromatic heterocycles. The zero-order chi connectivity index (χ0) is 29.9. The summed E-state index contributed by atoms with van der Waals surface area (Å²) in [5.74, 6) is 0.867. The van der Waals surface area contributed by atoms with Gasteiger partial charge in [-0.3, -0.25) is 0 Å². The van der Waals surface area contributed by atoms with Crippen LogP contribution >= 0.6 is 0 Å². The van der Waals surface area contributed by atoms with Gasteiger partial charge in [0.15, 0.2) is 0 Å². The minimum Gasteiger partial charge on any atom is -0.501 e. The smallest absolute Gasteiger partial charge is 0.330 e. The van der Waals surface area contributed by atoms with E-state index in [4.69, 9.17) is 23.7 Å². The minimum absolute atomic E-state index is 0.00200. The molecule has 220 valence electrons.